The van der Waals surface area contributed by atoms with Gasteiger partial charge in [0.15, 0.2) is 0 Å². The summed E-state index contributed by atoms with van der Waals surface area (Å²) in [6.07, 6.45) is 1.28. The Morgan fingerprint density at radius 1 is 1.12 bits per heavy atom. The highest BCUT2D eigenvalue weighted by Crippen LogP contribution is 2.30. The van der Waals surface area contributed by atoms with Crippen molar-refractivity contribution in [2.45, 2.75) is 19.0 Å². The fourth-order valence-electron chi connectivity index (χ4n) is 3.78. The zero-order valence-electron chi connectivity index (χ0n) is 14.3. The number of nitrogens with one attached hydrogen (secondary N) is 1. The predicted molar refractivity (Wildman–Crippen MR) is 105 cm³/mol. The molecule has 25 heavy (non-hydrogen) atoms. The zero-order valence-corrected chi connectivity index (χ0v) is 15.9. The van der Waals surface area contributed by atoms with Crippen molar-refractivity contribution in [1.29, 1.82) is 0 Å². The molecule has 1 unspecified atom stereocenters. The third kappa shape index (κ3) is 4.60. The molecule has 2 aromatic rings. The van der Waals surface area contributed by atoms with E-state index in [1.807, 2.05) is 6.07 Å². The van der Waals surface area contributed by atoms with Crippen LogP contribution in [0.5, 0.6) is 0 Å². The smallest absolute Gasteiger partial charge is 0.123 e. The summed E-state index contributed by atoms with van der Waals surface area (Å²) in [6, 6.07) is 11.9. The molecule has 0 amide bonds. The molecule has 0 saturated carbocycles. The number of likely N-dealkylation sites (tertiary alicyclic amines) is 1. The first kappa shape index (κ1) is 18.8. The van der Waals surface area contributed by atoms with Crippen molar-refractivity contribution in [2.24, 2.45) is 0 Å². The lowest BCUT2D eigenvalue weighted by atomic mass is 10.2. The van der Waals surface area contributed by atoms with Gasteiger partial charge in [-0.3, -0.25) is 9.80 Å². The van der Waals surface area contributed by atoms with Gasteiger partial charge in [-0.15, -0.1) is 23.7 Å². The number of benzene rings is 1. The van der Waals surface area contributed by atoms with E-state index in [-0.39, 0.29) is 18.2 Å². The Balaban J connectivity index is 0.00000182. The molecule has 3 heterocycles. The van der Waals surface area contributed by atoms with Gasteiger partial charge in [0.05, 0.1) is 0 Å². The second-order valence-electron chi connectivity index (χ2n) is 6.74. The molecule has 1 N–H and O–H groups in total. The molecule has 2 aliphatic heterocycles. The molecule has 0 bridgehead atoms. The van der Waals surface area contributed by atoms with Gasteiger partial charge in [0.1, 0.15) is 5.82 Å². The number of nitrogens with zero attached hydrogens (tertiary/aromatic N) is 2. The Labute approximate surface area is 159 Å². The van der Waals surface area contributed by atoms with Crippen molar-refractivity contribution in [1.82, 2.24) is 15.1 Å². The summed E-state index contributed by atoms with van der Waals surface area (Å²) in [6.45, 7) is 7.98. The summed E-state index contributed by atoms with van der Waals surface area (Å²) in [5.74, 6) is -0.166. The van der Waals surface area contributed by atoms with Crippen LogP contribution < -0.4 is 5.32 Å². The number of rotatable bonds is 4. The lowest BCUT2D eigenvalue weighted by Gasteiger charge is -2.32. The molecule has 1 atom stereocenters. The minimum absolute atomic E-state index is 0. The van der Waals surface area contributed by atoms with Crippen LogP contribution in [-0.2, 0) is 6.54 Å². The summed E-state index contributed by atoms with van der Waals surface area (Å²) >= 11 is 1.79. The molecule has 1 aromatic carbocycles. The lowest BCUT2D eigenvalue weighted by molar-refractivity contribution is 0.170. The second-order valence-corrected chi connectivity index (χ2v) is 7.91. The van der Waals surface area contributed by atoms with Gasteiger partial charge in [-0.1, -0.05) is 12.1 Å². The molecular formula is C19H25ClFN3S. The number of halogens is 2. The first-order valence-corrected chi connectivity index (χ1v) is 9.61. The van der Waals surface area contributed by atoms with E-state index in [9.17, 15) is 4.39 Å². The van der Waals surface area contributed by atoms with Crippen molar-refractivity contribution in [3.05, 3.63) is 47.1 Å². The summed E-state index contributed by atoms with van der Waals surface area (Å²) in [5, 5.41) is 3.43. The van der Waals surface area contributed by atoms with E-state index in [1.54, 1.807) is 23.5 Å². The van der Waals surface area contributed by atoms with Crippen LogP contribution in [0.1, 0.15) is 11.3 Å². The summed E-state index contributed by atoms with van der Waals surface area (Å²) < 4.78 is 13.4. The van der Waals surface area contributed by atoms with Gasteiger partial charge in [-0.05, 0) is 36.2 Å². The van der Waals surface area contributed by atoms with Crippen molar-refractivity contribution in [3.8, 4) is 10.4 Å². The highest BCUT2D eigenvalue weighted by Gasteiger charge is 2.28. The normalized spacial score (nSPS) is 22.0. The highest BCUT2D eigenvalue weighted by atomic mass is 35.5. The standard InChI is InChI=1S/C19H24FN3S.ClH/c20-16-3-1-2-15(12-16)19-5-4-18(24-19)14-22-9-6-17(13-22)23-10-7-21-8-11-23;/h1-5,12,17,21H,6-11,13-14H2;1H. The summed E-state index contributed by atoms with van der Waals surface area (Å²) in [7, 11) is 0. The van der Waals surface area contributed by atoms with Gasteiger partial charge in [-0.2, -0.15) is 0 Å². The number of hydrogen-bond acceptors (Lipinski definition) is 4. The molecule has 0 radical (unpaired) electrons. The van der Waals surface area contributed by atoms with Crippen molar-refractivity contribution in [2.75, 3.05) is 39.3 Å². The van der Waals surface area contributed by atoms with Gasteiger partial charge in [0, 0.05) is 61.6 Å². The molecule has 2 aliphatic rings. The molecule has 0 spiro atoms. The topological polar surface area (TPSA) is 18.5 Å². The van der Waals surface area contributed by atoms with Crippen LogP contribution in [0.4, 0.5) is 4.39 Å². The average molecular weight is 382 g/mol. The molecular weight excluding hydrogens is 357 g/mol. The Kier molecular flexibility index (Phi) is 6.47. The Morgan fingerprint density at radius 3 is 2.76 bits per heavy atom. The number of piperazine rings is 1. The van der Waals surface area contributed by atoms with Crippen molar-refractivity contribution in [3.63, 3.8) is 0 Å². The van der Waals surface area contributed by atoms with E-state index in [1.165, 1.54) is 43.5 Å². The third-order valence-electron chi connectivity index (χ3n) is 5.07. The Hall–Kier alpha value is -0.980. The molecule has 136 valence electrons. The van der Waals surface area contributed by atoms with E-state index >= 15 is 0 Å². The first-order chi connectivity index (χ1) is 11.8. The van der Waals surface area contributed by atoms with Gasteiger partial charge in [0.2, 0.25) is 0 Å². The molecule has 0 aliphatic carbocycles. The van der Waals surface area contributed by atoms with E-state index in [0.717, 1.165) is 36.1 Å². The molecule has 1 aromatic heterocycles. The first-order valence-electron chi connectivity index (χ1n) is 8.80. The van der Waals surface area contributed by atoms with Crippen LogP contribution in [-0.4, -0.2) is 55.1 Å². The Bertz CT molecular complexity index is 687. The molecule has 2 saturated heterocycles. The monoisotopic (exact) mass is 381 g/mol. The van der Waals surface area contributed by atoms with Crippen LogP contribution in [0.15, 0.2) is 36.4 Å². The van der Waals surface area contributed by atoms with E-state index in [0.29, 0.717) is 0 Å². The number of hydrogen-bond donors (Lipinski definition) is 1. The Morgan fingerprint density at radius 2 is 1.96 bits per heavy atom. The van der Waals surface area contributed by atoms with Gasteiger partial charge in [-0.25, -0.2) is 4.39 Å². The maximum atomic E-state index is 13.4. The van der Waals surface area contributed by atoms with Crippen molar-refractivity contribution < 1.29 is 4.39 Å². The fourth-order valence-corrected chi connectivity index (χ4v) is 4.83. The van der Waals surface area contributed by atoms with Crippen molar-refractivity contribution >= 4 is 23.7 Å². The van der Waals surface area contributed by atoms with Gasteiger partial charge < -0.3 is 5.32 Å². The molecule has 4 rings (SSSR count). The van der Waals surface area contributed by atoms with E-state index in [2.05, 4.69) is 27.2 Å². The lowest BCUT2D eigenvalue weighted by Crippen LogP contribution is -2.49. The average Bonchev–Trinajstić information content (AvgIpc) is 3.26. The van der Waals surface area contributed by atoms with Gasteiger partial charge in [0.25, 0.3) is 0 Å². The fraction of sp³-hybridized carbons (Fsp3) is 0.474. The maximum absolute atomic E-state index is 13.4. The molecule has 2 fully saturated rings. The molecule has 3 nitrogen and oxygen atoms in total. The summed E-state index contributed by atoms with van der Waals surface area (Å²) in [4.78, 5) is 7.73. The van der Waals surface area contributed by atoms with Crippen LogP contribution in [0.25, 0.3) is 10.4 Å². The minimum Gasteiger partial charge on any atom is -0.314 e. The quantitative estimate of drug-likeness (QED) is 0.875. The van der Waals surface area contributed by atoms with Crippen LogP contribution in [0, 0.1) is 5.82 Å². The predicted octanol–water partition coefficient (Wildman–Crippen LogP) is 3.46. The molecule has 6 heteroatoms. The highest BCUT2D eigenvalue weighted by molar-refractivity contribution is 7.15. The minimum atomic E-state index is -0.166. The third-order valence-corrected chi connectivity index (χ3v) is 6.18. The largest absolute Gasteiger partial charge is 0.314 e. The zero-order chi connectivity index (χ0) is 16.4. The SMILES string of the molecule is Cl.Fc1cccc(-c2ccc(CN3CCC(N4CCNCC4)C3)s2)c1. The van der Waals surface area contributed by atoms with Crippen LogP contribution in [0.2, 0.25) is 0 Å². The van der Waals surface area contributed by atoms with E-state index in [4.69, 9.17) is 0 Å². The van der Waals surface area contributed by atoms with Crippen LogP contribution in [0.3, 0.4) is 0 Å². The maximum Gasteiger partial charge on any atom is 0.123 e. The summed E-state index contributed by atoms with van der Waals surface area (Å²) in [5.41, 5.74) is 0.978. The number of thiophene rings is 1. The van der Waals surface area contributed by atoms with Crippen LogP contribution >= 0.6 is 23.7 Å². The van der Waals surface area contributed by atoms with E-state index < -0.39 is 0 Å². The second kappa shape index (κ2) is 8.60. The van der Waals surface area contributed by atoms with Gasteiger partial charge >= 0.3 is 0 Å².